The van der Waals surface area contributed by atoms with E-state index in [2.05, 4.69) is 37.9 Å². The Bertz CT molecular complexity index is 830. The highest BCUT2D eigenvalue weighted by atomic mass is 32.2. The first-order valence-corrected chi connectivity index (χ1v) is 12.1. The van der Waals surface area contributed by atoms with Gasteiger partial charge in [0, 0.05) is 44.3 Å². The molecule has 0 bridgehead atoms. The van der Waals surface area contributed by atoms with E-state index in [9.17, 15) is 13.2 Å². The fourth-order valence-corrected chi connectivity index (χ4v) is 6.23. The molecule has 2 aliphatic rings. The summed E-state index contributed by atoms with van der Waals surface area (Å²) in [5.74, 6) is 1.22. The minimum absolute atomic E-state index is 0.0523. The first kappa shape index (κ1) is 22.3. The monoisotopic (exact) mass is 425 g/mol. The highest BCUT2D eigenvalue weighted by Crippen LogP contribution is 2.28. The molecule has 1 aromatic rings. The number of nitrogens with zero attached hydrogens (tertiary/aromatic N) is 2. The summed E-state index contributed by atoms with van der Waals surface area (Å²) in [6.45, 7) is 14.0. The Labute approximate surface area is 174 Å². The predicted molar refractivity (Wildman–Crippen MR) is 112 cm³/mol. The van der Waals surface area contributed by atoms with Crippen LogP contribution in [0.15, 0.2) is 15.4 Å². The van der Waals surface area contributed by atoms with Gasteiger partial charge in [0.15, 0.2) is 5.76 Å². The normalized spacial score (nSPS) is 24.7. The molecule has 1 N–H and O–H groups in total. The van der Waals surface area contributed by atoms with E-state index in [4.69, 9.17) is 4.42 Å². The third-order valence-electron chi connectivity index (χ3n) is 6.19. The van der Waals surface area contributed by atoms with Crippen LogP contribution in [-0.4, -0.2) is 61.8 Å². The molecule has 2 atom stereocenters. The van der Waals surface area contributed by atoms with Crippen molar-refractivity contribution < 1.29 is 17.6 Å². The number of carbonyl (C=O) groups excluding carboxylic acids is 1. The standard InChI is InChI=1S/C21H35N3O4S/c1-15-10-16(2)13-23(12-15)21(4,5)14-22-20(25)18-11-19(17(3)28-18)29(26,27)24-8-6-7-9-24/h11,15-16H,6-10,12-14H2,1-5H3,(H,22,25). The van der Waals surface area contributed by atoms with Crippen molar-refractivity contribution in [3.63, 3.8) is 0 Å². The number of furan rings is 1. The molecule has 0 radical (unpaired) electrons. The van der Waals surface area contributed by atoms with Crippen molar-refractivity contribution in [1.82, 2.24) is 14.5 Å². The molecule has 0 aliphatic carbocycles. The first-order valence-electron chi connectivity index (χ1n) is 10.6. The average Bonchev–Trinajstić information content (AvgIpc) is 3.29. The molecule has 0 saturated carbocycles. The number of amides is 1. The number of piperidine rings is 1. The van der Waals surface area contributed by atoms with E-state index in [-0.39, 0.29) is 27.9 Å². The Morgan fingerprint density at radius 3 is 2.38 bits per heavy atom. The third kappa shape index (κ3) is 4.86. The Balaban J connectivity index is 1.67. The lowest BCUT2D eigenvalue weighted by Gasteiger charge is -2.45. The van der Waals surface area contributed by atoms with E-state index >= 15 is 0 Å². The van der Waals surface area contributed by atoms with Crippen molar-refractivity contribution in [2.45, 2.75) is 64.3 Å². The van der Waals surface area contributed by atoms with Gasteiger partial charge >= 0.3 is 0 Å². The van der Waals surface area contributed by atoms with E-state index < -0.39 is 10.0 Å². The van der Waals surface area contributed by atoms with Gasteiger partial charge in [-0.3, -0.25) is 9.69 Å². The van der Waals surface area contributed by atoms with E-state index in [1.807, 2.05) is 0 Å². The topological polar surface area (TPSA) is 82.9 Å². The average molecular weight is 426 g/mol. The summed E-state index contributed by atoms with van der Waals surface area (Å²) in [5.41, 5.74) is -0.190. The van der Waals surface area contributed by atoms with Crippen LogP contribution in [0.2, 0.25) is 0 Å². The summed E-state index contributed by atoms with van der Waals surface area (Å²) in [7, 11) is -3.60. The van der Waals surface area contributed by atoms with Crippen LogP contribution in [0.4, 0.5) is 0 Å². The van der Waals surface area contributed by atoms with E-state index in [1.54, 1.807) is 6.92 Å². The molecule has 0 spiro atoms. The van der Waals surface area contributed by atoms with Crippen LogP contribution in [0.5, 0.6) is 0 Å². The second-order valence-electron chi connectivity index (χ2n) is 9.49. The second kappa shape index (κ2) is 8.40. The van der Waals surface area contributed by atoms with Gasteiger partial charge in [-0.15, -0.1) is 0 Å². The molecule has 29 heavy (non-hydrogen) atoms. The maximum atomic E-state index is 12.8. The number of hydrogen-bond acceptors (Lipinski definition) is 5. The molecule has 3 rings (SSSR count). The molecule has 2 fully saturated rings. The van der Waals surface area contributed by atoms with Crippen molar-refractivity contribution in [3.8, 4) is 0 Å². The molecular formula is C21H35N3O4S. The Morgan fingerprint density at radius 1 is 1.21 bits per heavy atom. The van der Waals surface area contributed by atoms with Crippen molar-refractivity contribution in [1.29, 1.82) is 0 Å². The Morgan fingerprint density at radius 2 is 1.79 bits per heavy atom. The fourth-order valence-electron chi connectivity index (χ4n) is 4.55. The van der Waals surface area contributed by atoms with Gasteiger partial charge in [-0.25, -0.2) is 8.42 Å². The molecule has 2 aliphatic heterocycles. The maximum absolute atomic E-state index is 12.8. The fraction of sp³-hybridized carbons (Fsp3) is 0.762. The maximum Gasteiger partial charge on any atom is 0.287 e. The number of aryl methyl sites for hydroxylation is 1. The summed E-state index contributed by atoms with van der Waals surface area (Å²) in [6.07, 6.45) is 2.97. The van der Waals surface area contributed by atoms with E-state index in [1.165, 1.54) is 16.8 Å². The summed E-state index contributed by atoms with van der Waals surface area (Å²) < 4.78 is 32.6. The van der Waals surface area contributed by atoms with Gasteiger partial charge in [0.1, 0.15) is 10.7 Å². The van der Waals surface area contributed by atoms with Crippen LogP contribution in [-0.2, 0) is 10.0 Å². The predicted octanol–water partition coefficient (Wildman–Crippen LogP) is 2.86. The van der Waals surface area contributed by atoms with Crippen molar-refractivity contribution in [2.75, 3.05) is 32.7 Å². The zero-order valence-corrected chi connectivity index (χ0v) is 19.1. The number of rotatable bonds is 6. The van der Waals surface area contributed by atoms with Gasteiger partial charge in [0.2, 0.25) is 10.0 Å². The molecule has 164 valence electrons. The lowest BCUT2D eigenvalue weighted by atomic mass is 9.88. The number of likely N-dealkylation sites (tertiary alicyclic amines) is 1. The summed E-state index contributed by atoms with van der Waals surface area (Å²) in [4.78, 5) is 15.2. The molecule has 3 heterocycles. The minimum atomic E-state index is -3.60. The van der Waals surface area contributed by atoms with Gasteiger partial charge in [0.05, 0.1) is 0 Å². The van der Waals surface area contributed by atoms with Crippen LogP contribution in [0.1, 0.15) is 63.3 Å². The van der Waals surface area contributed by atoms with Gasteiger partial charge in [-0.1, -0.05) is 13.8 Å². The van der Waals surface area contributed by atoms with Crippen molar-refractivity contribution >= 4 is 15.9 Å². The van der Waals surface area contributed by atoms with Crippen LogP contribution in [0.3, 0.4) is 0 Å². The van der Waals surface area contributed by atoms with Crippen molar-refractivity contribution in [3.05, 3.63) is 17.6 Å². The number of sulfonamides is 1. The smallest absolute Gasteiger partial charge is 0.287 e. The molecule has 7 nitrogen and oxygen atoms in total. The third-order valence-corrected chi connectivity index (χ3v) is 8.19. The SMILES string of the molecule is Cc1oc(C(=O)NCC(C)(C)N2CC(C)CC(C)C2)cc1S(=O)(=O)N1CCCC1. The van der Waals surface area contributed by atoms with Crippen LogP contribution < -0.4 is 5.32 Å². The number of nitrogens with one attached hydrogen (secondary N) is 1. The molecule has 2 saturated heterocycles. The van der Waals surface area contributed by atoms with E-state index in [0.29, 0.717) is 31.5 Å². The molecule has 1 aromatic heterocycles. The Hall–Kier alpha value is -1.38. The molecule has 8 heteroatoms. The van der Waals surface area contributed by atoms with Crippen molar-refractivity contribution in [2.24, 2.45) is 11.8 Å². The van der Waals surface area contributed by atoms with Crippen LogP contribution >= 0.6 is 0 Å². The highest BCUT2D eigenvalue weighted by Gasteiger charge is 2.34. The molecular weight excluding hydrogens is 390 g/mol. The largest absolute Gasteiger partial charge is 0.455 e. The lowest BCUT2D eigenvalue weighted by molar-refractivity contribution is 0.0441. The van der Waals surface area contributed by atoms with Gasteiger partial charge < -0.3 is 9.73 Å². The zero-order chi connectivity index (χ0) is 21.4. The molecule has 1 amide bonds. The van der Waals surface area contributed by atoms with Crippen LogP contribution in [0, 0.1) is 18.8 Å². The Kier molecular flexibility index (Phi) is 6.46. The molecule has 2 unspecified atom stereocenters. The van der Waals surface area contributed by atoms with Gasteiger partial charge in [-0.2, -0.15) is 4.31 Å². The highest BCUT2D eigenvalue weighted by molar-refractivity contribution is 7.89. The summed E-state index contributed by atoms with van der Waals surface area (Å²) >= 11 is 0. The van der Waals surface area contributed by atoms with Crippen LogP contribution in [0.25, 0.3) is 0 Å². The van der Waals surface area contributed by atoms with E-state index in [0.717, 1.165) is 25.9 Å². The van der Waals surface area contributed by atoms with Gasteiger partial charge in [0.25, 0.3) is 5.91 Å². The summed E-state index contributed by atoms with van der Waals surface area (Å²) in [6, 6.07) is 1.37. The summed E-state index contributed by atoms with van der Waals surface area (Å²) in [5, 5.41) is 2.94. The minimum Gasteiger partial charge on any atom is -0.455 e. The second-order valence-corrected chi connectivity index (χ2v) is 11.4. The van der Waals surface area contributed by atoms with Gasteiger partial charge in [-0.05, 0) is 51.9 Å². The first-order chi connectivity index (χ1) is 13.5. The number of carbonyl (C=O) groups is 1. The zero-order valence-electron chi connectivity index (χ0n) is 18.3. The number of hydrogen-bond donors (Lipinski definition) is 1. The quantitative estimate of drug-likeness (QED) is 0.758. The molecule has 0 aromatic carbocycles. The lowest BCUT2D eigenvalue weighted by Crippen LogP contribution is -2.56.